The molecule has 2 heterocycles. The van der Waals surface area contributed by atoms with E-state index in [9.17, 15) is 43.2 Å². The minimum atomic E-state index is -1.56. The molecule has 19 nitrogen and oxygen atoms in total. The Kier molecular flexibility index (Phi) is 22.7. The van der Waals surface area contributed by atoms with Crippen molar-refractivity contribution in [3.63, 3.8) is 0 Å². The molecule has 0 radical (unpaired) electrons. The van der Waals surface area contributed by atoms with E-state index >= 15 is 0 Å². The Hall–Kier alpha value is -6.53. The van der Waals surface area contributed by atoms with Crippen molar-refractivity contribution in [1.29, 1.82) is 0 Å². The molecule has 0 spiro atoms. The molecule has 2 aromatic carbocycles. The molecule has 0 aliphatic carbocycles. The van der Waals surface area contributed by atoms with Gasteiger partial charge in [-0.15, -0.1) is 0 Å². The first kappa shape index (κ1) is 61.0. The fourth-order valence-electron chi connectivity index (χ4n) is 9.09. The van der Waals surface area contributed by atoms with E-state index < -0.39 is 102 Å². The number of hydrogen-bond donors (Lipinski definition) is 0. The zero-order valence-electron chi connectivity index (χ0n) is 46.4. The number of benzene rings is 2. The van der Waals surface area contributed by atoms with Crippen LogP contribution in [0.4, 0.5) is 4.79 Å². The van der Waals surface area contributed by atoms with E-state index in [-0.39, 0.29) is 75.3 Å². The zero-order chi connectivity index (χ0) is 56.0. The molecule has 8 atom stereocenters. The van der Waals surface area contributed by atoms with E-state index in [0.29, 0.717) is 17.7 Å². The van der Waals surface area contributed by atoms with E-state index in [4.69, 9.17) is 23.7 Å². The van der Waals surface area contributed by atoms with Crippen LogP contribution in [0.15, 0.2) is 54.6 Å². The summed E-state index contributed by atoms with van der Waals surface area (Å²) in [6.45, 7) is 18.4. The molecule has 0 bridgehead atoms. The molecule has 2 aliphatic rings. The number of nitrogens with zero attached hydrogens (tertiary/aromatic N) is 5. The normalized spacial score (nSPS) is 25.0. The predicted molar refractivity (Wildman–Crippen MR) is 277 cm³/mol. The number of likely N-dealkylation sites (N-methyl/N-ethyl adjacent to an activating group) is 4. The largest absolute Gasteiger partial charge is 0.451 e. The fraction of sp³-hybridized carbons (Fsp3) is 0.625. The number of ether oxygens (including phenoxy) is 5. The first-order valence-corrected chi connectivity index (χ1v) is 26.1. The maximum Gasteiger partial charge on any atom is 0.410 e. The van der Waals surface area contributed by atoms with Gasteiger partial charge in [-0.25, -0.2) is 24.0 Å². The number of carbonyl (C=O) groups excluding carboxylic acids is 9. The topological polar surface area (TPSA) is 216 Å². The van der Waals surface area contributed by atoms with Gasteiger partial charge in [-0.1, -0.05) is 110 Å². The summed E-state index contributed by atoms with van der Waals surface area (Å²) in [5, 5.41) is 0. The summed E-state index contributed by atoms with van der Waals surface area (Å²) in [7, 11) is 5.51. The third-order valence-electron chi connectivity index (χ3n) is 13.4. The van der Waals surface area contributed by atoms with Gasteiger partial charge in [0.25, 0.3) is 23.6 Å². The molecule has 2 fully saturated rings. The van der Waals surface area contributed by atoms with Crippen LogP contribution < -0.4 is 0 Å². The maximum atomic E-state index is 14.9. The lowest BCUT2D eigenvalue weighted by Crippen LogP contribution is -2.55. The minimum Gasteiger partial charge on any atom is -0.451 e. The van der Waals surface area contributed by atoms with Crippen LogP contribution in [0, 0.1) is 23.7 Å². The van der Waals surface area contributed by atoms with E-state index in [1.165, 1.54) is 42.0 Å². The van der Waals surface area contributed by atoms with Crippen LogP contribution in [0.1, 0.15) is 112 Å². The second kappa shape index (κ2) is 27.8. The Labute approximate surface area is 442 Å². The van der Waals surface area contributed by atoms with E-state index in [1.807, 2.05) is 55.4 Å². The molecule has 2 aliphatic heterocycles. The Bertz CT molecular complexity index is 2290. The summed E-state index contributed by atoms with van der Waals surface area (Å²) in [6, 6.07) is 10.7. The van der Waals surface area contributed by atoms with Crippen molar-refractivity contribution < 1.29 is 66.8 Å². The lowest BCUT2D eigenvalue weighted by Gasteiger charge is -2.35. The standard InChI is InChI=1S/C56H81N5O14/c1-33(2)26-42-52(66)72-38(10)49(63)58(12)45(29-36(7)8)55(69)75-47(31-40-20-22-41(23-21-40)32-61-24-25-71-56(61)70)51(65)60(14)43(27-34(3)4)53(67)73-37(9)48(62)57(11)44(28-35(5)6)54(68)74-46(50(64)59(42)13)30-39-18-16-15-17-19-39/h15-23,33-38,42-47H,24-32H2,1-14H3/t37-,38-,42+,43+,44+,45+,46-,47-/m1/s1. The van der Waals surface area contributed by atoms with Gasteiger partial charge < -0.3 is 48.2 Å². The SMILES string of the molecule is CC(C)C[C@H]1C(=O)O[C@H](Cc2ccc(CN3CCOC3=O)cc2)C(=O)N(C)[C@@H](CC(C)C)C(=O)O[C@H](C)C(=O)N(C)[C@@H](CC(C)C)C(=O)O[C@H](Cc2ccccc2)C(=O)N(C)[C@@H](CC(C)C)C(=O)O[C@H](C)C(=O)N1C. The van der Waals surface area contributed by atoms with Crippen molar-refractivity contribution >= 4 is 53.6 Å². The molecule has 2 aromatic rings. The van der Waals surface area contributed by atoms with Gasteiger partial charge in [0.05, 0.1) is 6.54 Å². The smallest absolute Gasteiger partial charge is 0.410 e. The lowest BCUT2D eigenvalue weighted by atomic mass is 9.99. The van der Waals surface area contributed by atoms with Crippen molar-refractivity contribution in [1.82, 2.24) is 24.5 Å². The van der Waals surface area contributed by atoms with Gasteiger partial charge in [-0.3, -0.25) is 19.2 Å². The zero-order valence-corrected chi connectivity index (χ0v) is 46.4. The molecule has 75 heavy (non-hydrogen) atoms. The van der Waals surface area contributed by atoms with Crippen LogP contribution >= 0.6 is 0 Å². The molecule has 0 unspecified atom stereocenters. The third kappa shape index (κ3) is 17.3. The van der Waals surface area contributed by atoms with Gasteiger partial charge in [0, 0.05) is 47.6 Å². The molecule has 0 N–H and O–H groups in total. The fourth-order valence-corrected chi connectivity index (χ4v) is 9.09. The summed E-state index contributed by atoms with van der Waals surface area (Å²) in [5.41, 5.74) is 1.98. The molecular formula is C56H81N5O14. The second-order valence-corrected chi connectivity index (χ2v) is 21.6. The van der Waals surface area contributed by atoms with Gasteiger partial charge in [0.1, 0.15) is 30.8 Å². The summed E-state index contributed by atoms with van der Waals surface area (Å²) in [4.78, 5) is 134. The highest BCUT2D eigenvalue weighted by Crippen LogP contribution is 2.25. The van der Waals surface area contributed by atoms with Crippen molar-refractivity contribution in [2.24, 2.45) is 23.7 Å². The Balaban J connectivity index is 1.85. The van der Waals surface area contributed by atoms with Gasteiger partial charge in [-0.05, 0) is 79.9 Å². The Morgan fingerprint density at radius 3 is 1.09 bits per heavy atom. The Morgan fingerprint density at radius 2 is 0.760 bits per heavy atom. The van der Waals surface area contributed by atoms with Crippen molar-refractivity contribution in [2.45, 2.75) is 163 Å². The number of carbonyl (C=O) groups is 9. The Morgan fingerprint density at radius 1 is 0.440 bits per heavy atom. The van der Waals surface area contributed by atoms with E-state index in [1.54, 1.807) is 59.5 Å². The third-order valence-corrected chi connectivity index (χ3v) is 13.4. The van der Waals surface area contributed by atoms with Gasteiger partial charge in [0.2, 0.25) is 0 Å². The second-order valence-electron chi connectivity index (χ2n) is 21.6. The molecule has 4 rings (SSSR count). The molecule has 414 valence electrons. The highest BCUT2D eigenvalue weighted by molar-refractivity contribution is 5.94. The molecule has 19 heteroatoms. The van der Waals surface area contributed by atoms with E-state index in [2.05, 4.69) is 0 Å². The van der Waals surface area contributed by atoms with Gasteiger partial charge in [-0.2, -0.15) is 0 Å². The average Bonchev–Trinajstić information content (AvgIpc) is 3.76. The monoisotopic (exact) mass is 1050 g/mol. The van der Waals surface area contributed by atoms with Crippen LogP contribution in [0.25, 0.3) is 0 Å². The van der Waals surface area contributed by atoms with Crippen molar-refractivity contribution in [2.75, 3.05) is 41.3 Å². The van der Waals surface area contributed by atoms with Crippen LogP contribution in [0.5, 0.6) is 0 Å². The molecule has 5 amide bonds. The molecule has 0 aromatic heterocycles. The first-order chi connectivity index (χ1) is 35.2. The maximum absolute atomic E-state index is 14.9. The molecule has 0 saturated carbocycles. The van der Waals surface area contributed by atoms with Crippen LogP contribution in [-0.2, 0) is 81.4 Å². The highest BCUT2D eigenvalue weighted by atomic mass is 16.6. The number of esters is 4. The van der Waals surface area contributed by atoms with Crippen molar-refractivity contribution in [3.05, 3.63) is 71.3 Å². The quantitative estimate of drug-likeness (QED) is 0.166. The average molecular weight is 1050 g/mol. The number of hydrogen-bond acceptors (Lipinski definition) is 14. The predicted octanol–water partition coefficient (Wildman–Crippen LogP) is 5.62. The lowest BCUT2D eigenvalue weighted by molar-refractivity contribution is -0.176. The number of cyclic esters (lactones) is 5. The van der Waals surface area contributed by atoms with Gasteiger partial charge >= 0.3 is 30.0 Å². The first-order valence-electron chi connectivity index (χ1n) is 26.1. The van der Waals surface area contributed by atoms with Crippen LogP contribution in [-0.4, -0.2) is 168 Å². The summed E-state index contributed by atoms with van der Waals surface area (Å²) >= 11 is 0. The molecular weight excluding hydrogens is 967 g/mol. The summed E-state index contributed by atoms with van der Waals surface area (Å²) in [6.07, 6.45) is -6.39. The number of amides is 5. The number of rotatable bonds is 14. The summed E-state index contributed by atoms with van der Waals surface area (Å²) < 4.78 is 29.0. The van der Waals surface area contributed by atoms with E-state index in [0.717, 1.165) is 25.2 Å². The minimum absolute atomic E-state index is 0.0710. The van der Waals surface area contributed by atoms with Crippen LogP contribution in [0.3, 0.4) is 0 Å². The summed E-state index contributed by atoms with van der Waals surface area (Å²) in [5.74, 6) is -7.48. The highest BCUT2D eigenvalue weighted by Gasteiger charge is 2.43. The van der Waals surface area contributed by atoms with Crippen LogP contribution in [0.2, 0.25) is 0 Å². The molecule has 2 saturated heterocycles. The van der Waals surface area contributed by atoms with Gasteiger partial charge in [0.15, 0.2) is 24.4 Å². The van der Waals surface area contributed by atoms with Crippen molar-refractivity contribution in [3.8, 4) is 0 Å².